The van der Waals surface area contributed by atoms with Gasteiger partial charge in [-0.15, -0.1) is 0 Å². The summed E-state index contributed by atoms with van der Waals surface area (Å²) in [6, 6.07) is -2.24. The Kier molecular flexibility index (Phi) is 5.07. The van der Waals surface area contributed by atoms with Crippen LogP contribution in [-0.4, -0.2) is 39.8 Å². The number of anilines is 1. The summed E-state index contributed by atoms with van der Waals surface area (Å²) in [4.78, 5) is 31.3. The molecule has 1 unspecified atom stereocenters. The monoisotopic (exact) mass is 305 g/mol. The molecule has 0 aromatic heterocycles. The second kappa shape index (κ2) is 6.56. The summed E-state index contributed by atoms with van der Waals surface area (Å²) in [5, 5.41) is 31.3. The second-order valence-electron chi connectivity index (χ2n) is 3.71. The van der Waals surface area contributed by atoms with Crippen LogP contribution < -0.4 is 10.6 Å². The van der Waals surface area contributed by atoms with E-state index in [2.05, 4.69) is 0 Å². The van der Waals surface area contributed by atoms with Crippen LogP contribution >= 0.6 is 0 Å². The van der Waals surface area contributed by atoms with E-state index in [9.17, 15) is 28.5 Å². The Morgan fingerprint density at radius 3 is 2.43 bits per heavy atom. The number of hydrogen-bond donors (Lipinski definition) is 4. The maximum absolute atomic E-state index is 13.4. The Bertz CT molecular complexity index is 594. The fourth-order valence-corrected chi connectivity index (χ4v) is 1.28. The van der Waals surface area contributed by atoms with E-state index in [4.69, 9.17) is 10.2 Å². The van der Waals surface area contributed by atoms with Crippen molar-refractivity contribution in [2.24, 2.45) is 0 Å². The van der Waals surface area contributed by atoms with Crippen molar-refractivity contribution in [3.05, 3.63) is 33.9 Å². The van der Waals surface area contributed by atoms with Gasteiger partial charge in [-0.25, -0.2) is 14.0 Å². The molecule has 0 heterocycles. The predicted molar refractivity (Wildman–Crippen MR) is 63.7 cm³/mol. The largest absolute Gasteiger partial charge is 0.480 e. The molecule has 11 heteroatoms. The number of rotatable bonds is 5. The van der Waals surface area contributed by atoms with Crippen LogP contribution in [0.4, 0.5) is 25.0 Å². The third-order valence-electron chi connectivity index (χ3n) is 2.27. The van der Waals surface area contributed by atoms with Crippen molar-refractivity contribution in [3.63, 3.8) is 0 Å². The van der Waals surface area contributed by atoms with Crippen LogP contribution in [0.2, 0.25) is 0 Å². The third kappa shape index (κ3) is 4.07. The first-order valence-electron chi connectivity index (χ1n) is 5.31. The molecule has 0 saturated carbocycles. The summed E-state index contributed by atoms with van der Waals surface area (Å²) in [6.45, 7) is -0.922. The van der Waals surface area contributed by atoms with Crippen molar-refractivity contribution < 1.29 is 33.5 Å². The van der Waals surface area contributed by atoms with Crippen molar-refractivity contribution >= 4 is 23.4 Å². The number of carbonyl (C=O) groups is 2. The number of aliphatic hydroxyl groups is 1. The van der Waals surface area contributed by atoms with E-state index < -0.39 is 52.6 Å². The first-order chi connectivity index (χ1) is 9.76. The minimum absolute atomic E-state index is 0.203. The number of nitrogens with one attached hydrogen (secondary N) is 2. The van der Waals surface area contributed by atoms with Crippen LogP contribution in [0.3, 0.4) is 0 Å². The van der Waals surface area contributed by atoms with E-state index >= 15 is 0 Å². The summed E-state index contributed by atoms with van der Waals surface area (Å²) in [7, 11) is 0. The first kappa shape index (κ1) is 16.2. The van der Waals surface area contributed by atoms with Gasteiger partial charge in [0.2, 0.25) is 5.82 Å². The van der Waals surface area contributed by atoms with Gasteiger partial charge in [-0.3, -0.25) is 10.1 Å². The number of nitrogens with zero attached hydrogens (tertiary/aromatic N) is 1. The number of aliphatic hydroxyl groups excluding tert-OH is 1. The SMILES string of the molecule is O=C(Nc1cc([N+](=O)[O-])c(F)cc1F)NC(CO)C(=O)O. The fourth-order valence-electron chi connectivity index (χ4n) is 1.28. The molecule has 0 fully saturated rings. The number of amides is 2. The number of benzene rings is 1. The van der Waals surface area contributed by atoms with Gasteiger partial charge in [0.1, 0.15) is 5.82 Å². The zero-order valence-electron chi connectivity index (χ0n) is 10.2. The van der Waals surface area contributed by atoms with Crippen LogP contribution in [0.1, 0.15) is 0 Å². The molecule has 0 aliphatic heterocycles. The molecule has 9 nitrogen and oxygen atoms in total. The third-order valence-corrected chi connectivity index (χ3v) is 2.27. The molecule has 0 aliphatic rings. The summed E-state index contributed by atoms with van der Waals surface area (Å²) in [6.07, 6.45) is 0. The summed E-state index contributed by atoms with van der Waals surface area (Å²) >= 11 is 0. The first-order valence-corrected chi connectivity index (χ1v) is 5.31. The van der Waals surface area contributed by atoms with E-state index in [1.807, 2.05) is 0 Å². The number of carboxylic acid groups (broad SMARTS) is 1. The average molecular weight is 305 g/mol. The minimum Gasteiger partial charge on any atom is -0.480 e. The molecule has 1 aromatic rings. The highest BCUT2D eigenvalue weighted by Crippen LogP contribution is 2.24. The molecular formula is C10H9F2N3O6. The Hall–Kier alpha value is -2.82. The molecule has 2 amide bonds. The maximum atomic E-state index is 13.4. The topological polar surface area (TPSA) is 142 Å². The Labute approximate surface area is 115 Å². The predicted octanol–water partition coefficient (Wildman–Crippen LogP) is 0.440. The standard InChI is InChI=1S/C10H9F2N3O6/c11-4-1-5(12)8(15(20)21)2-6(4)13-10(19)14-7(3-16)9(17)18/h1-2,7,16H,3H2,(H,17,18)(H2,13,14,19). The summed E-state index contributed by atoms with van der Waals surface area (Å²) in [5.74, 6) is -4.26. The number of carbonyl (C=O) groups excluding carboxylic acids is 1. The smallest absolute Gasteiger partial charge is 0.328 e. The van der Waals surface area contributed by atoms with E-state index in [0.29, 0.717) is 6.07 Å². The molecule has 0 bridgehead atoms. The lowest BCUT2D eigenvalue weighted by Gasteiger charge is -2.13. The van der Waals surface area contributed by atoms with Gasteiger partial charge in [0, 0.05) is 12.1 Å². The van der Waals surface area contributed by atoms with Crippen LogP contribution in [0, 0.1) is 21.7 Å². The van der Waals surface area contributed by atoms with Crippen molar-refractivity contribution in [1.29, 1.82) is 0 Å². The van der Waals surface area contributed by atoms with Gasteiger partial charge in [0.05, 0.1) is 17.2 Å². The lowest BCUT2D eigenvalue weighted by molar-refractivity contribution is -0.387. The highest BCUT2D eigenvalue weighted by atomic mass is 19.1. The van der Waals surface area contributed by atoms with Crippen LogP contribution in [0.15, 0.2) is 12.1 Å². The molecule has 1 rings (SSSR count). The van der Waals surface area contributed by atoms with Gasteiger partial charge in [-0.2, -0.15) is 4.39 Å². The van der Waals surface area contributed by atoms with Crippen molar-refractivity contribution in [3.8, 4) is 0 Å². The average Bonchev–Trinajstić information content (AvgIpc) is 2.38. The number of carboxylic acids is 1. The lowest BCUT2D eigenvalue weighted by atomic mass is 10.2. The maximum Gasteiger partial charge on any atom is 0.328 e. The van der Waals surface area contributed by atoms with Gasteiger partial charge < -0.3 is 20.8 Å². The zero-order valence-corrected chi connectivity index (χ0v) is 10.2. The normalized spacial score (nSPS) is 11.6. The van der Waals surface area contributed by atoms with Crippen molar-refractivity contribution in [2.45, 2.75) is 6.04 Å². The Morgan fingerprint density at radius 1 is 1.33 bits per heavy atom. The molecule has 1 atom stereocenters. The van der Waals surface area contributed by atoms with E-state index in [1.54, 1.807) is 10.6 Å². The van der Waals surface area contributed by atoms with Gasteiger partial charge in [-0.1, -0.05) is 0 Å². The second-order valence-corrected chi connectivity index (χ2v) is 3.71. The molecule has 21 heavy (non-hydrogen) atoms. The van der Waals surface area contributed by atoms with Gasteiger partial charge in [-0.05, 0) is 0 Å². The van der Waals surface area contributed by atoms with Crippen LogP contribution in [0.5, 0.6) is 0 Å². The highest BCUT2D eigenvalue weighted by molar-refractivity contribution is 5.92. The van der Waals surface area contributed by atoms with Crippen molar-refractivity contribution in [2.75, 3.05) is 11.9 Å². The van der Waals surface area contributed by atoms with E-state index in [1.165, 1.54) is 0 Å². The summed E-state index contributed by atoms with van der Waals surface area (Å²) < 4.78 is 26.4. The summed E-state index contributed by atoms with van der Waals surface area (Å²) in [5.41, 5.74) is -1.79. The Balaban J connectivity index is 2.92. The minimum atomic E-state index is -1.65. The number of urea groups is 1. The zero-order chi connectivity index (χ0) is 16.2. The molecule has 0 spiro atoms. The molecular weight excluding hydrogens is 296 g/mol. The highest BCUT2D eigenvalue weighted by Gasteiger charge is 2.22. The van der Waals surface area contributed by atoms with Gasteiger partial charge in [0.25, 0.3) is 0 Å². The molecule has 114 valence electrons. The van der Waals surface area contributed by atoms with Crippen LogP contribution in [-0.2, 0) is 4.79 Å². The number of aliphatic carboxylic acids is 1. The van der Waals surface area contributed by atoms with Gasteiger partial charge in [0.15, 0.2) is 6.04 Å². The van der Waals surface area contributed by atoms with E-state index in [0.717, 1.165) is 0 Å². The number of halogens is 2. The number of nitro benzene ring substituents is 1. The quantitative estimate of drug-likeness (QED) is 0.459. The van der Waals surface area contributed by atoms with Crippen LogP contribution in [0.25, 0.3) is 0 Å². The number of hydrogen-bond acceptors (Lipinski definition) is 5. The molecule has 0 aliphatic carbocycles. The van der Waals surface area contributed by atoms with Crippen molar-refractivity contribution in [1.82, 2.24) is 5.32 Å². The molecule has 4 N–H and O–H groups in total. The molecule has 1 aromatic carbocycles. The number of nitro groups is 1. The van der Waals surface area contributed by atoms with E-state index in [-0.39, 0.29) is 6.07 Å². The lowest BCUT2D eigenvalue weighted by Crippen LogP contribution is -2.45. The molecule has 0 saturated heterocycles. The fraction of sp³-hybridized carbons (Fsp3) is 0.200. The Morgan fingerprint density at radius 2 is 1.95 bits per heavy atom. The van der Waals surface area contributed by atoms with Gasteiger partial charge >= 0.3 is 17.7 Å². The molecule has 0 radical (unpaired) electrons.